The molecule has 0 saturated heterocycles. The molecule has 4 aromatic rings. The minimum absolute atomic E-state index is 0.114. The number of oxime groups is 1. The van der Waals surface area contributed by atoms with E-state index in [1.54, 1.807) is 6.92 Å². The van der Waals surface area contributed by atoms with E-state index in [1.807, 2.05) is 42.5 Å². The van der Waals surface area contributed by atoms with Gasteiger partial charge in [-0.15, -0.1) is 0 Å². The third-order valence-corrected chi connectivity index (χ3v) is 8.68. The second-order valence-corrected chi connectivity index (χ2v) is 11.6. The van der Waals surface area contributed by atoms with Crippen LogP contribution in [-0.2, 0) is 11.0 Å². The van der Waals surface area contributed by atoms with Crippen molar-refractivity contribution in [2.24, 2.45) is 22.7 Å². The monoisotopic (exact) mass is 653 g/mol. The van der Waals surface area contributed by atoms with Crippen molar-refractivity contribution >= 4 is 45.5 Å². The van der Waals surface area contributed by atoms with Crippen LogP contribution in [0.15, 0.2) is 59.8 Å². The number of anilines is 1. The first-order valence-corrected chi connectivity index (χ1v) is 15.3. The Kier molecular flexibility index (Phi) is 8.84. The Morgan fingerprint density at radius 1 is 1.10 bits per heavy atom. The van der Waals surface area contributed by atoms with Crippen LogP contribution < -0.4 is 11.1 Å². The second kappa shape index (κ2) is 12.5. The molecular formula is C30H36IN7O2. The third kappa shape index (κ3) is 6.07. The van der Waals surface area contributed by atoms with Gasteiger partial charge in [-0.25, -0.2) is 9.97 Å². The van der Waals surface area contributed by atoms with Crippen molar-refractivity contribution in [2.45, 2.75) is 62.6 Å². The molecule has 0 amide bonds. The van der Waals surface area contributed by atoms with E-state index in [0.29, 0.717) is 23.2 Å². The fourth-order valence-corrected chi connectivity index (χ4v) is 6.01. The molecule has 0 unspecified atom stereocenters. The SMILES string of the molecule is C[C@H](O)[C@H](Nc1nc2nc(/C(N)=N/O)nc(-c3cccc(CI)c3)c2n1C[C@H]1CC[C@H](C)CC1)c1ccccc1. The number of halogens is 1. The quantitative estimate of drug-likeness (QED) is 0.0443. The zero-order chi connectivity index (χ0) is 28.2. The number of rotatable bonds is 9. The maximum atomic E-state index is 10.8. The Morgan fingerprint density at radius 2 is 1.85 bits per heavy atom. The molecule has 5 N–H and O–H groups in total. The highest BCUT2D eigenvalue weighted by atomic mass is 127. The van der Waals surface area contributed by atoms with Gasteiger partial charge in [0.1, 0.15) is 11.2 Å². The van der Waals surface area contributed by atoms with Gasteiger partial charge in [-0.3, -0.25) is 0 Å². The largest absolute Gasteiger partial charge is 0.409 e. The van der Waals surface area contributed by atoms with Gasteiger partial charge in [0.15, 0.2) is 5.65 Å². The van der Waals surface area contributed by atoms with Crippen LogP contribution in [0.3, 0.4) is 0 Å². The first-order valence-electron chi connectivity index (χ1n) is 13.8. The standard InChI is InChI=1S/C30H36IN7O2/c1-18-11-13-20(14-12-18)17-38-26-25(23-10-6-7-21(15-23)16-31)33-29(27(32)37-40)35-28(26)36-30(38)34-24(19(2)39)22-8-4-3-5-9-22/h3-10,15,18-20,24,39-40H,11-14,16-17H2,1-2H3,(H2,32,37)(H,33,34,35,36)/t18-,19-,20-,24-/m0/s1. The van der Waals surface area contributed by atoms with Gasteiger partial charge < -0.3 is 25.9 Å². The van der Waals surface area contributed by atoms with Crippen LogP contribution in [0, 0.1) is 11.8 Å². The number of fused-ring (bicyclic) bond motifs is 1. The lowest BCUT2D eigenvalue weighted by Crippen LogP contribution is -2.26. The summed E-state index contributed by atoms with van der Waals surface area (Å²) in [5.41, 5.74) is 10.9. The van der Waals surface area contributed by atoms with Crippen LogP contribution in [-0.4, -0.2) is 41.8 Å². The van der Waals surface area contributed by atoms with Crippen molar-refractivity contribution in [1.29, 1.82) is 0 Å². The van der Waals surface area contributed by atoms with Crippen LogP contribution >= 0.6 is 22.6 Å². The number of benzene rings is 2. The molecule has 210 valence electrons. The van der Waals surface area contributed by atoms with Crippen LogP contribution in [0.25, 0.3) is 22.4 Å². The summed E-state index contributed by atoms with van der Waals surface area (Å²) in [6, 6.07) is 17.7. The molecule has 2 heterocycles. The fourth-order valence-electron chi connectivity index (χ4n) is 5.54. The minimum atomic E-state index is -0.676. The number of nitrogens with two attached hydrogens (primary N) is 1. The van der Waals surface area contributed by atoms with E-state index in [4.69, 9.17) is 15.7 Å². The van der Waals surface area contributed by atoms with E-state index < -0.39 is 6.10 Å². The Balaban J connectivity index is 1.71. The fraction of sp³-hybridized carbons (Fsp3) is 0.400. The molecule has 2 aromatic carbocycles. The van der Waals surface area contributed by atoms with Gasteiger partial charge in [0.25, 0.3) is 0 Å². The Labute approximate surface area is 248 Å². The number of imidazole rings is 1. The zero-order valence-electron chi connectivity index (χ0n) is 22.8. The number of aliphatic hydroxyl groups is 1. The molecule has 0 radical (unpaired) electrons. The predicted molar refractivity (Wildman–Crippen MR) is 167 cm³/mol. The van der Waals surface area contributed by atoms with E-state index >= 15 is 0 Å². The molecule has 0 bridgehead atoms. The summed E-state index contributed by atoms with van der Waals surface area (Å²) in [6.45, 7) is 4.85. The highest BCUT2D eigenvalue weighted by molar-refractivity contribution is 14.1. The lowest BCUT2D eigenvalue weighted by molar-refractivity contribution is 0.171. The number of nitrogens with zero attached hydrogens (tertiary/aromatic N) is 5. The minimum Gasteiger partial charge on any atom is -0.409 e. The van der Waals surface area contributed by atoms with Gasteiger partial charge >= 0.3 is 0 Å². The zero-order valence-corrected chi connectivity index (χ0v) is 25.0. The van der Waals surface area contributed by atoms with Gasteiger partial charge in [0.05, 0.1) is 12.1 Å². The second-order valence-electron chi connectivity index (χ2n) is 10.8. The number of aliphatic hydroxyl groups excluding tert-OH is 1. The summed E-state index contributed by atoms with van der Waals surface area (Å²) in [7, 11) is 0. The molecule has 1 aliphatic rings. The first kappa shape index (κ1) is 28.3. The summed E-state index contributed by atoms with van der Waals surface area (Å²) in [5.74, 6) is 1.77. The topological polar surface area (TPSA) is 134 Å². The summed E-state index contributed by atoms with van der Waals surface area (Å²) >= 11 is 2.35. The summed E-state index contributed by atoms with van der Waals surface area (Å²) in [4.78, 5) is 14.4. The van der Waals surface area contributed by atoms with Crippen LogP contribution in [0.4, 0.5) is 5.95 Å². The van der Waals surface area contributed by atoms with Crippen molar-refractivity contribution in [3.63, 3.8) is 0 Å². The maximum absolute atomic E-state index is 10.8. The number of alkyl halides is 1. The smallest absolute Gasteiger partial charge is 0.208 e. The summed E-state index contributed by atoms with van der Waals surface area (Å²) in [6.07, 6.45) is 4.01. The molecule has 1 aliphatic carbocycles. The van der Waals surface area contributed by atoms with Crippen molar-refractivity contribution in [3.8, 4) is 11.3 Å². The molecule has 5 rings (SSSR count). The number of hydrogen-bond donors (Lipinski definition) is 4. The lowest BCUT2D eigenvalue weighted by atomic mass is 9.83. The summed E-state index contributed by atoms with van der Waals surface area (Å²) < 4.78 is 3.03. The number of hydrogen-bond acceptors (Lipinski definition) is 7. The van der Waals surface area contributed by atoms with Gasteiger partial charge in [0.2, 0.25) is 17.6 Å². The number of aromatic nitrogens is 4. The van der Waals surface area contributed by atoms with Gasteiger partial charge in [0, 0.05) is 16.5 Å². The Hall–Kier alpha value is -3.25. The van der Waals surface area contributed by atoms with E-state index in [1.165, 1.54) is 18.4 Å². The van der Waals surface area contributed by atoms with Gasteiger partial charge in [-0.2, -0.15) is 4.98 Å². The lowest BCUT2D eigenvalue weighted by Gasteiger charge is -2.28. The van der Waals surface area contributed by atoms with Crippen LogP contribution in [0.5, 0.6) is 0 Å². The van der Waals surface area contributed by atoms with Crippen molar-refractivity contribution in [2.75, 3.05) is 5.32 Å². The Morgan fingerprint density at radius 3 is 2.52 bits per heavy atom. The molecule has 10 heteroatoms. The molecule has 9 nitrogen and oxygen atoms in total. The molecule has 40 heavy (non-hydrogen) atoms. The highest BCUT2D eigenvalue weighted by Gasteiger charge is 2.27. The average molecular weight is 654 g/mol. The average Bonchev–Trinajstić information content (AvgIpc) is 3.32. The molecule has 2 aromatic heterocycles. The van der Waals surface area contributed by atoms with E-state index in [0.717, 1.165) is 46.4 Å². The third-order valence-electron chi connectivity index (χ3n) is 7.80. The van der Waals surface area contributed by atoms with E-state index in [2.05, 4.69) is 61.7 Å². The summed E-state index contributed by atoms with van der Waals surface area (Å²) in [5, 5.41) is 26.9. The molecule has 0 aliphatic heterocycles. The number of amidine groups is 1. The van der Waals surface area contributed by atoms with Gasteiger partial charge in [-0.1, -0.05) is 96.0 Å². The normalized spacial score (nSPS) is 19.4. The Bertz CT molecular complexity index is 1480. The van der Waals surface area contributed by atoms with Gasteiger partial charge in [-0.05, 0) is 48.8 Å². The van der Waals surface area contributed by atoms with Crippen LogP contribution in [0.1, 0.15) is 62.5 Å². The molecular weight excluding hydrogens is 617 g/mol. The predicted octanol–water partition coefficient (Wildman–Crippen LogP) is 5.88. The molecule has 2 atom stereocenters. The number of nitrogens with one attached hydrogen (secondary N) is 1. The van der Waals surface area contributed by atoms with Crippen molar-refractivity contribution in [3.05, 3.63) is 71.5 Å². The highest BCUT2D eigenvalue weighted by Crippen LogP contribution is 2.35. The molecule has 1 fully saturated rings. The molecule has 0 spiro atoms. The maximum Gasteiger partial charge on any atom is 0.208 e. The van der Waals surface area contributed by atoms with Crippen molar-refractivity contribution < 1.29 is 10.3 Å². The first-order chi connectivity index (χ1) is 19.4. The van der Waals surface area contributed by atoms with Crippen LogP contribution in [0.2, 0.25) is 0 Å². The van der Waals surface area contributed by atoms with E-state index in [-0.39, 0.29) is 17.7 Å². The van der Waals surface area contributed by atoms with Crippen molar-refractivity contribution in [1.82, 2.24) is 19.5 Å². The molecule has 1 saturated carbocycles. The van der Waals surface area contributed by atoms with E-state index in [9.17, 15) is 10.3 Å².